The third kappa shape index (κ3) is 8.37. The maximum absolute atomic E-state index is 11.5. The summed E-state index contributed by atoms with van der Waals surface area (Å²) < 4.78 is 36.7. The van der Waals surface area contributed by atoms with Gasteiger partial charge in [-0.2, -0.15) is 17.9 Å². The number of carboxylic acids is 1. The Morgan fingerprint density at radius 3 is 2.39 bits per heavy atom. The molecular weight excluding hydrogens is 264 g/mol. The zero-order chi connectivity index (χ0) is 14.0. The summed E-state index contributed by atoms with van der Waals surface area (Å²) >= 11 is 0. The highest BCUT2D eigenvalue weighted by atomic mass is 32.2. The minimum Gasteiger partial charge on any atom is -0.480 e. The second-order valence-corrected chi connectivity index (χ2v) is 5.07. The molecule has 0 aromatic heterocycles. The molecule has 0 aromatic rings. The van der Waals surface area contributed by atoms with Crippen LogP contribution in [0.25, 0.3) is 0 Å². The molecule has 9 heteroatoms. The lowest BCUT2D eigenvalue weighted by atomic mass is 10.2. The van der Waals surface area contributed by atoms with Crippen molar-refractivity contribution in [1.82, 2.24) is 9.44 Å². The number of methoxy groups -OCH3 is 2. The Bertz CT molecular complexity index is 332. The first-order valence-corrected chi connectivity index (χ1v) is 6.89. The lowest BCUT2D eigenvalue weighted by Gasteiger charge is -2.14. The first-order valence-electron chi connectivity index (χ1n) is 5.40. The molecule has 3 N–H and O–H groups in total. The number of hydrogen-bond donors (Lipinski definition) is 3. The third-order valence-corrected chi connectivity index (χ3v) is 3.21. The number of aliphatic carboxylic acids is 1. The number of carbonyl (C=O) groups is 1. The fourth-order valence-corrected chi connectivity index (χ4v) is 2.20. The van der Waals surface area contributed by atoms with Crippen molar-refractivity contribution in [1.29, 1.82) is 0 Å². The van der Waals surface area contributed by atoms with E-state index in [-0.39, 0.29) is 19.6 Å². The summed E-state index contributed by atoms with van der Waals surface area (Å²) in [5.41, 5.74) is 0. The van der Waals surface area contributed by atoms with Crippen LogP contribution in [0.5, 0.6) is 0 Å². The Hall–Kier alpha value is -0.740. The second kappa shape index (κ2) is 9.22. The van der Waals surface area contributed by atoms with Crippen molar-refractivity contribution >= 4 is 16.2 Å². The smallest absolute Gasteiger partial charge is 0.321 e. The van der Waals surface area contributed by atoms with Crippen molar-refractivity contribution in [2.24, 2.45) is 0 Å². The van der Waals surface area contributed by atoms with Crippen LogP contribution in [0.1, 0.15) is 12.8 Å². The number of carboxylic acid groups (broad SMARTS) is 1. The van der Waals surface area contributed by atoms with Gasteiger partial charge in [0.05, 0.1) is 6.61 Å². The molecule has 0 amide bonds. The van der Waals surface area contributed by atoms with Gasteiger partial charge >= 0.3 is 5.97 Å². The predicted octanol–water partition coefficient (Wildman–Crippen LogP) is -1.06. The van der Waals surface area contributed by atoms with Gasteiger partial charge in [0.15, 0.2) is 0 Å². The highest BCUT2D eigenvalue weighted by Crippen LogP contribution is 1.99. The molecule has 8 nitrogen and oxygen atoms in total. The molecule has 0 fully saturated rings. The Kier molecular flexibility index (Phi) is 8.85. The molecule has 1 unspecified atom stereocenters. The molecule has 18 heavy (non-hydrogen) atoms. The molecule has 0 spiro atoms. The van der Waals surface area contributed by atoms with E-state index in [0.717, 1.165) is 0 Å². The van der Waals surface area contributed by atoms with Gasteiger partial charge in [0.2, 0.25) is 0 Å². The number of rotatable bonds is 11. The van der Waals surface area contributed by atoms with E-state index >= 15 is 0 Å². The van der Waals surface area contributed by atoms with Gasteiger partial charge in [-0.1, -0.05) is 0 Å². The average molecular weight is 284 g/mol. The molecule has 0 bridgehead atoms. The lowest BCUT2D eigenvalue weighted by molar-refractivity contribution is -0.139. The molecule has 0 rings (SSSR count). The highest BCUT2D eigenvalue weighted by molar-refractivity contribution is 7.87. The minimum absolute atomic E-state index is 0.0796. The van der Waals surface area contributed by atoms with Crippen LogP contribution in [0.4, 0.5) is 0 Å². The van der Waals surface area contributed by atoms with E-state index in [9.17, 15) is 13.2 Å². The average Bonchev–Trinajstić information content (AvgIpc) is 2.28. The Labute approximate surface area is 107 Å². The van der Waals surface area contributed by atoms with Crippen molar-refractivity contribution in [3.63, 3.8) is 0 Å². The van der Waals surface area contributed by atoms with Gasteiger partial charge in [-0.25, -0.2) is 0 Å². The van der Waals surface area contributed by atoms with Crippen LogP contribution >= 0.6 is 0 Å². The summed E-state index contributed by atoms with van der Waals surface area (Å²) in [6, 6.07) is -1.17. The summed E-state index contributed by atoms with van der Waals surface area (Å²) in [6.45, 7) is 0.668. The molecule has 0 radical (unpaired) electrons. The van der Waals surface area contributed by atoms with E-state index < -0.39 is 22.2 Å². The van der Waals surface area contributed by atoms with Crippen molar-refractivity contribution in [2.45, 2.75) is 18.9 Å². The summed E-state index contributed by atoms with van der Waals surface area (Å²) in [5, 5.41) is 8.89. The van der Waals surface area contributed by atoms with Crippen molar-refractivity contribution < 1.29 is 27.8 Å². The quantitative estimate of drug-likeness (QED) is 0.417. The Balaban J connectivity index is 4.25. The zero-order valence-electron chi connectivity index (χ0n) is 10.5. The molecule has 0 aliphatic carbocycles. The Morgan fingerprint density at radius 1 is 1.28 bits per heavy atom. The monoisotopic (exact) mass is 284 g/mol. The number of hydrogen-bond acceptors (Lipinski definition) is 5. The van der Waals surface area contributed by atoms with Crippen LogP contribution in [0.15, 0.2) is 0 Å². The largest absolute Gasteiger partial charge is 0.480 e. The van der Waals surface area contributed by atoms with E-state index in [1.165, 1.54) is 14.2 Å². The van der Waals surface area contributed by atoms with E-state index in [4.69, 9.17) is 9.84 Å². The zero-order valence-corrected chi connectivity index (χ0v) is 11.3. The normalized spacial score (nSPS) is 13.4. The first-order chi connectivity index (χ1) is 8.43. The van der Waals surface area contributed by atoms with Crippen LogP contribution in [-0.2, 0) is 24.5 Å². The lowest BCUT2D eigenvalue weighted by Crippen LogP contribution is -2.47. The fraction of sp³-hybridized carbons (Fsp3) is 0.889. The molecule has 108 valence electrons. The van der Waals surface area contributed by atoms with Gasteiger partial charge in [0.25, 0.3) is 10.2 Å². The summed E-state index contributed by atoms with van der Waals surface area (Å²) in [6.07, 6.45) is 0.614. The SMILES string of the molecule is COCCCC(NS(=O)(=O)NCCOC)C(=O)O. The maximum Gasteiger partial charge on any atom is 0.321 e. The maximum atomic E-state index is 11.5. The summed E-state index contributed by atoms with van der Waals surface area (Å²) in [7, 11) is -0.908. The standard InChI is InChI=1S/C9H20N2O6S/c1-16-6-3-4-8(9(12)13)11-18(14,15)10-5-7-17-2/h8,10-11H,3-7H2,1-2H3,(H,12,13). The molecule has 1 atom stereocenters. The van der Waals surface area contributed by atoms with E-state index in [1.54, 1.807) is 0 Å². The van der Waals surface area contributed by atoms with Crippen LogP contribution in [0.3, 0.4) is 0 Å². The topological polar surface area (TPSA) is 114 Å². The highest BCUT2D eigenvalue weighted by Gasteiger charge is 2.23. The second-order valence-electron chi connectivity index (χ2n) is 3.53. The van der Waals surface area contributed by atoms with Gasteiger partial charge in [-0.15, -0.1) is 0 Å². The fourth-order valence-electron chi connectivity index (χ4n) is 1.17. The number of ether oxygens (including phenoxy) is 2. The third-order valence-electron chi connectivity index (χ3n) is 2.04. The molecule has 0 aromatic carbocycles. The van der Waals surface area contributed by atoms with Crippen LogP contribution in [0, 0.1) is 0 Å². The summed E-state index contributed by atoms with van der Waals surface area (Å²) in [4.78, 5) is 10.9. The molecule has 0 aliphatic heterocycles. The van der Waals surface area contributed by atoms with E-state index in [1.807, 2.05) is 0 Å². The van der Waals surface area contributed by atoms with Crippen molar-refractivity contribution in [3.05, 3.63) is 0 Å². The van der Waals surface area contributed by atoms with E-state index in [0.29, 0.717) is 13.0 Å². The molecule has 0 saturated heterocycles. The number of nitrogens with one attached hydrogen (secondary N) is 2. The Morgan fingerprint density at radius 2 is 1.89 bits per heavy atom. The van der Waals surface area contributed by atoms with Crippen LogP contribution in [-0.4, -0.2) is 59.5 Å². The van der Waals surface area contributed by atoms with Crippen LogP contribution < -0.4 is 9.44 Å². The predicted molar refractivity (Wildman–Crippen MR) is 64.5 cm³/mol. The van der Waals surface area contributed by atoms with E-state index in [2.05, 4.69) is 14.2 Å². The molecule has 0 aliphatic rings. The molecular formula is C9H20N2O6S. The molecule has 0 heterocycles. The van der Waals surface area contributed by atoms with Crippen molar-refractivity contribution in [3.8, 4) is 0 Å². The van der Waals surface area contributed by atoms with Crippen molar-refractivity contribution in [2.75, 3.05) is 34.0 Å². The first kappa shape index (κ1) is 17.3. The van der Waals surface area contributed by atoms with Gasteiger partial charge in [0.1, 0.15) is 6.04 Å². The molecule has 0 saturated carbocycles. The van der Waals surface area contributed by atoms with Gasteiger partial charge in [-0.3, -0.25) is 4.79 Å². The van der Waals surface area contributed by atoms with Crippen LogP contribution in [0.2, 0.25) is 0 Å². The summed E-state index contributed by atoms with van der Waals surface area (Å²) in [5.74, 6) is -1.22. The minimum atomic E-state index is -3.84. The van der Waals surface area contributed by atoms with Gasteiger partial charge in [0, 0.05) is 27.4 Å². The van der Waals surface area contributed by atoms with Gasteiger partial charge < -0.3 is 14.6 Å². The van der Waals surface area contributed by atoms with Gasteiger partial charge in [-0.05, 0) is 12.8 Å².